The van der Waals surface area contributed by atoms with E-state index in [1.165, 1.54) is 0 Å². The molecule has 0 saturated carbocycles. The number of piperidine rings is 1. The van der Waals surface area contributed by atoms with Gasteiger partial charge in [0.15, 0.2) is 0 Å². The Hall–Kier alpha value is -1.60. The molecule has 0 bridgehead atoms. The molecule has 118 valence electrons. The molecule has 1 fully saturated rings. The molecule has 0 aliphatic carbocycles. The third-order valence-electron chi connectivity index (χ3n) is 3.71. The van der Waals surface area contributed by atoms with Crippen molar-refractivity contribution in [1.82, 2.24) is 15.5 Å². The van der Waals surface area contributed by atoms with Gasteiger partial charge in [-0.15, -0.1) is 0 Å². The number of esters is 1. The number of amides is 2. The Balaban J connectivity index is 2.12. The van der Waals surface area contributed by atoms with Gasteiger partial charge in [0, 0.05) is 18.8 Å². The van der Waals surface area contributed by atoms with E-state index in [0.29, 0.717) is 31.0 Å². The van der Waals surface area contributed by atoms with Crippen molar-refractivity contribution in [1.29, 1.82) is 0 Å². The number of likely N-dealkylation sites (tertiary alicyclic amines) is 1. The van der Waals surface area contributed by atoms with Crippen molar-refractivity contribution in [2.45, 2.75) is 32.3 Å². The lowest BCUT2D eigenvalue weighted by Crippen LogP contribution is -2.51. The maximum Gasteiger partial charge on any atom is 0.337 e. The average molecular weight is 297 g/mol. The third-order valence-corrected chi connectivity index (χ3v) is 3.71. The first-order valence-electron chi connectivity index (χ1n) is 7.30. The number of hydrogen-bond donors (Lipinski definition) is 3. The van der Waals surface area contributed by atoms with Gasteiger partial charge in [0.2, 0.25) is 0 Å². The van der Waals surface area contributed by atoms with Gasteiger partial charge in [-0.1, -0.05) is 0 Å². The zero-order valence-corrected chi connectivity index (χ0v) is 12.6. The average Bonchev–Trinajstić information content (AvgIpc) is 2.37. The second-order valence-corrected chi connectivity index (χ2v) is 5.80. The van der Waals surface area contributed by atoms with Crippen LogP contribution < -0.4 is 10.6 Å². The molecule has 0 aromatic carbocycles. The summed E-state index contributed by atoms with van der Waals surface area (Å²) in [6, 6.07) is -0.318. The van der Waals surface area contributed by atoms with Gasteiger partial charge >= 0.3 is 12.0 Å². The van der Waals surface area contributed by atoms with Gasteiger partial charge in [-0.25, -0.2) is 9.59 Å². The monoisotopic (exact) mass is 297 g/mol. The molecule has 2 rings (SSSR count). The van der Waals surface area contributed by atoms with Crippen LogP contribution in [0.1, 0.15) is 26.7 Å². The minimum Gasteiger partial charge on any atom is -0.463 e. The number of nitrogens with zero attached hydrogens (tertiary/aromatic N) is 1. The molecule has 2 amide bonds. The smallest absolute Gasteiger partial charge is 0.337 e. The fourth-order valence-corrected chi connectivity index (χ4v) is 2.76. The fraction of sp³-hybridized carbons (Fsp3) is 0.714. The first-order valence-corrected chi connectivity index (χ1v) is 7.30. The second-order valence-electron chi connectivity index (χ2n) is 5.80. The van der Waals surface area contributed by atoms with Gasteiger partial charge in [0.25, 0.3) is 0 Å². The molecule has 7 nitrogen and oxygen atoms in total. The second kappa shape index (κ2) is 6.44. The molecule has 0 radical (unpaired) electrons. The number of urea groups is 1. The Morgan fingerprint density at radius 2 is 2.29 bits per heavy atom. The summed E-state index contributed by atoms with van der Waals surface area (Å²) in [6.07, 6.45) is 1.66. The molecule has 0 aromatic heterocycles. The maximum atomic E-state index is 11.9. The van der Waals surface area contributed by atoms with E-state index in [1.54, 1.807) is 13.8 Å². The van der Waals surface area contributed by atoms with Gasteiger partial charge in [-0.2, -0.15) is 0 Å². The van der Waals surface area contributed by atoms with E-state index in [-0.39, 0.29) is 12.6 Å². The number of rotatable bonds is 4. The highest BCUT2D eigenvalue weighted by molar-refractivity contribution is 5.93. The Bertz CT molecular complexity index is 459. The highest BCUT2D eigenvalue weighted by Crippen LogP contribution is 2.21. The van der Waals surface area contributed by atoms with Crippen molar-refractivity contribution >= 4 is 12.0 Å². The van der Waals surface area contributed by atoms with Crippen molar-refractivity contribution in [3.63, 3.8) is 0 Å². The van der Waals surface area contributed by atoms with Gasteiger partial charge < -0.3 is 20.5 Å². The minimum atomic E-state index is -0.722. The molecule has 2 aliphatic heterocycles. The molecule has 0 aromatic rings. The number of hydrogen-bond acceptors (Lipinski definition) is 5. The molecule has 2 heterocycles. The summed E-state index contributed by atoms with van der Waals surface area (Å²) in [4.78, 5) is 25.5. The van der Waals surface area contributed by atoms with Crippen molar-refractivity contribution in [2.75, 3.05) is 32.8 Å². The molecule has 21 heavy (non-hydrogen) atoms. The van der Waals surface area contributed by atoms with Gasteiger partial charge in [0.1, 0.15) is 0 Å². The van der Waals surface area contributed by atoms with Crippen LogP contribution in [-0.2, 0) is 9.53 Å². The third kappa shape index (κ3) is 4.18. The molecule has 1 atom stereocenters. The molecule has 1 unspecified atom stereocenters. The summed E-state index contributed by atoms with van der Waals surface area (Å²) >= 11 is 0. The van der Waals surface area contributed by atoms with Crippen molar-refractivity contribution < 1.29 is 19.4 Å². The van der Waals surface area contributed by atoms with Crippen molar-refractivity contribution in [3.05, 3.63) is 11.3 Å². The van der Waals surface area contributed by atoms with Crippen LogP contribution >= 0.6 is 0 Å². The summed E-state index contributed by atoms with van der Waals surface area (Å²) in [6.45, 7) is 5.80. The number of carbonyl (C=O) groups is 2. The van der Waals surface area contributed by atoms with Gasteiger partial charge in [-0.05, 0) is 33.2 Å². The van der Waals surface area contributed by atoms with E-state index in [4.69, 9.17) is 4.74 Å². The van der Waals surface area contributed by atoms with E-state index >= 15 is 0 Å². The predicted octanol–water partition coefficient (Wildman–Crippen LogP) is -0.0368. The Morgan fingerprint density at radius 1 is 1.52 bits per heavy atom. The van der Waals surface area contributed by atoms with E-state index in [2.05, 4.69) is 10.6 Å². The summed E-state index contributed by atoms with van der Waals surface area (Å²) in [7, 11) is 0. The summed E-state index contributed by atoms with van der Waals surface area (Å²) in [5.41, 5.74) is 0.288. The zero-order chi connectivity index (χ0) is 15.5. The van der Waals surface area contributed by atoms with E-state index < -0.39 is 11.6 Å². The lowest BCUT2D eigenvalue weighted by atomic mass is 9.95. The van der Waals surface area contributed by atoms with Crippen LogP contribution in [0, 0.1) is 0 Å². The molecule has 7 heteroatoms. The molecular weight excluding hydrogens is 274 g/mol. The lowest BCUT2D eigenvalue weighted by Gasteiger charge is -2.37. The van der Waals surface area contributed by atoms with Crippen LogP contribution in [0.3, 0.4) is 0 Å². The Morgan fingerprint density at radius 3 is 2.95 bits per heavy atom. The minimum absolute atomic E-state index is 0.171. The first-order chi connectivity index (χ1) is 9.91. The Kier molecular flexibility index (Phi) is 4.84. The van der Waals surface area contributed by atoms with E-state index in [9.17, 15) is 14.7 Å². The van der Waals surface area contributed by atoms with Crippen molar-refractivity contribution in [3.8, 4) is 0 Å². The first kappa shape index (κ1) is 15.8. The number of carbonyl (C=O) groups excluding carboxylic acids is 2. The SMILES string of the molecule is CCOC(=O)C1=C(CN2CCCC(C)(O)C2)NC(=O)NC1. The highest BCUT2D eigenvalue weighted by Gasteiger charge is 2.31. The normalized spacial score (nSPS) is 27.1. The lowest BCUT2D eigenvalue weighted by molar-refractivity contribution is -0.138. The topological polar surface area (TPSA) is 90.9 Å². The molecule has 1 saturated heterocycles. The summed E-state index contributed by atoms with van der Waals surface area (Å²) in [5.74, 6) is -0.413. The van der Waals surface area contributed by atoms with Crippen LogP contribution in [-0.4, -0.2) is 60.4 Å². The highest BCUT2D eigenvalue weighted by atomic mass is 16.5. The van der Waals surface area contributed by atoms with Crippen LogP contribution in [0.25, 0.3) is 0 Å². The van der Waals surface area contributed by atoms with Gasteiger partial charge in [0.05, 0.1) is 24.3 Å². The molecular formula is C14H23N3O4. The summed E-state index contributed by atoms with van der Waals surface area (Å²) < 4.78 is 5.02. The number of β-amino-alcohol motifs (C(OH)–C–C–N with tert-alkyl or cyclic N) is 1. The number of aliphatic hydroxyl groups is 1. The molecule has 2 aliphatic rings. The van der Waals surface area contributed by atoms with Crippen LogP contribution in [0.5, 0.6) is 0 Å². The zero-order valence-electron chi connectivity index (χ0n) is 12.6. The summed E-state index contributed by atoms with van der Waals surface area (Å²) in [5, 5.41) is 15.4. The number of ether oxygens (including phenoxy) is 1. The molecule has 3 N–H and O–H groups in total. The fourth-order valence-electron chi connectivity index (χ4n) is 2.76. The van der Waals surface area contributed by atoms with Crippen LogP contribution in [0.2, 0.25) is 0 Å². The van der Waals surface area contributed by atoms with Crippen LogP contribution in [0.4, 0.5) is 4.79 Å². The maximum absolute atomic E-state index is 11.9. The van der Waals surface area contributed by atoms with E-state index in [0.717, 1.165) is 19.4 Å². The molecule has 0 spiro atoms. The quantitative estimate of drug-likeness (QED) is 0.634. The predicted molar refractivity (Wildman–Crippen MR) is 76.5 cm³/mol. The largest absolute Gasteiger partial charge is 0.463 e. The van der Waals surface area contributed by atoms with Gasteiger partial charge in [-0.3, -0.25) is 4.90 Å². The Labute approximate surface area is 124 Å². The number of nitrogens with one attached hydrogen (secondary N) is 2. The van der Waals surface area contributed by atoms with Crippen molar-refractivity contribution in [2.24, 2.45) is 0 Å². The van der Waals surface area contributed by atoms with E-state index in [1.807, 2.05) is 4.90 Å². The van der Waals surface area contributed by atoms with Crippen LogP contribution in [0.15, 0.2) is 11.3 Å². The standard InChI is InChI=1S/C14H23N3O4/c1-3-21-12(18)10-7-15-13(19)16-11(10)8-17-6-4-5-14(2,20)9-17/h20H,3-9H2,1-2H3,(H2,15,16,19).